The van der Waals surface area contributed by atoms with Crippen LogP contribution < -0.4 is 10.1 Å². The number of rotatable bonds is 7. The van der Waals surface area contributed by atoms with Gasteiger partial charge in [-0.15, -0.1) is 0 Å². The van der Waals surface area contributed by atoms with Gasteiger partial charge in [0.15, 0.2) is 0 Å². The molecule has 2 N–H and O–H groups in total. The van der Waals surface area contributed by atoms with Gasteiger partial charge in [-0.3, -0.25) is 14.4 Å². The first-order valence-corrected chi connectivity index (χ1v) is 13.1. The number of amides is 2. The van der Waals surface area contributed by atoms with E-state index in [1.54, 1.807) is 11.9 Å². The second-order valence-corrected chi connectivity index (χ2v) is 9.64. The fraction of sp³-hybridized carbons (Fsp3) is 0.433. The van der Waals surface area contributed by atoms with E-state index in [9.17, 15) is 19.5 Å². The van der Waals surface area contributed by atoms with Crippen LogP contribution in [0.15, 0.2) is 66.7 Å². The van der Waals surface area contributed by atoms with Gasteiger partial charge in [-0.1, -0.05) is 54.6 Å². The zero-order chi connectivity index (χ0) is 26.5. The van der Waals surface area contributed by atoms with Crippen molar-refractivity contribution in [3.05, 3.63) is 77.9 Å². The highest BCUT2D eigenvalue weighted by molar-refractivity contribution is 5.90. The van der Waals surface area contributed by atoms with Crippen LogP contribution in [0, 0.1) is 5.92 Å². The Balaban J connectivity index is 1.71. The van der Waals surface area contributed by atoms with Gasteiger partial charge < -0.3 is 20.1 Å². The molecule has 198 valence electrons. The van der Waals surface area contributed by atoms with Gasteiger partial charge in [-0.25, -0.2) is 0 Å². The van der Waals surface area contributed by atoms with Crippen LogP contribution in [-0.2, 0) is 27.4 Å². The van der Waals surface area contributed by atoms with E-state index in [0.29, 0.717) is 26.0 Å². The van der Waals surface area contributed by atoms with Gasteiger partial charge in [0.1, 0.15) is 18.4 Å². The lowest BCUT2D eigenvalue weighted by Gasteiger charge is -2.26. The molecule has 0 saturated carbocycles. The van der Waals surface area contributed by atoms with Crippen molar-refractivity contribution in [2.75, 3.05) is 13.6 Å². The number of benzene rings is 2. The van der Waals surface area contributed by atoms with E-state index < -0.39 is 17.9 Å². The van der Waals surface area contributed by atoms with Crippen LogP contribution in [0.2, 0.25) is 0 Å². The fourth-order valence-corrected chi connectivity index (χ4v) is 4.43. The second kappa shape index (κ2) is 14.8. The number of carboxylic acid groups (broad SMARTS) is 1. The Bertz CT molecular complexity index is 1040. The van der Waals surface area contributed by atoms with E-state index >= 15 is 0 Å². The summed E-state index contributed by atoms with van der Waals surface area (Å²) >= 11 is 0. The van der Waals surface area contributed by atoms with Crippen molar-refractivity contribution in [1.82, 2.24) is 10.2 Å². The number of nitrogens with one attached hydrogen (secondary N) is 1. The number of allylic oxidation sites excluding steroid dienone is 2. The van der Waals surface area contributed by atoms with E-state index in [1.807, 2.05) is 54.6 Å². The van der Waals surface area contributed by atoms with Gasteiger partial charge in [0, 0.05) is 25.9 Å². The maximum Gasteiger partial charge on any atom is 0.304 e. The van der Waals surface area contributed by atoms with E-state index in [-0.39, 0.29) is 18.2 Å². The van der Waals surface area contributed by atoms with Crippen LogP contribution in [0.4, 0.5) is 0 Å². The highest BCUT2D eigenvalue weighted by Crippen LogP contribution is 2.18. The lowest BCUT2D eigenvalue weighted by atomic mass is 9.96. The van der Waals surface area contributed by atoms with Gasteiger partial charge in [-0.2, -0.15) is 0 Å². The Hall–Kier alpha value is -3.61. The number of nitrogens with zero attached hydrogens (tertiary/aromatic N) is 1. The van der Waals surface area contributed by atoms with Gasteiger partial charge in [0.2, 0.25) is 11.8 Å². The molecule has 0 bridgehead atoms. The van der Waals surface area contributed by atoms with Crippen molar-refractivity contribution in [1.29, 1.82) is 0 Å². The minimum absolute atomic E-state index is 0.169. The van der Waals surface area contributed by atoms with Crippen molar-refractivity contribution in [2.24, 2.45) is 5.92 Å². The molecule has 1 heterocycles. The summed E-state index contributed by atoms with van der Waals surface area (Å²) < 4.78 is 5.86. The highest BCUT2D eigenvalue weighted by atomic mass is 16.5. The summed E-state index contributed by atoms with van der Waals surface area (Å²) in [4.78, 5) is 39.6. The Kier molecular flexibility index (Phi) is 11.2. The molecule has 0 radical (unpaired) electrons. The summed E-state index contributed by atoms with van der Waals surface area (Å²) in [7, 11) is 1.75. The van der Waals surface area contributed by atoms with Crippen LogP contribution in [0.25, 0.3) is 0 Å². The third-order valence-corrected chi connectivity index (χ3v) is 6.60. The van der Waals surface area contributed by atoms with Crippen LogP contribution in [-0.4, -0.2) is 47.4 Å². The van der Waals surface area contributed by atoms with Gasteiger partial charge in [-0.05, 0) is 61.8 Å². The third kappa shape index (κ3) is 9.75. The number of aliphatic carboxylic acids is 1. The first-order valence-electron chi connectivity index (χ1n) is 13.1. The summed E-state index contributed by atoms with van der Waals surface area (Å²) in [6.45, 7) is 1.06. The van der Waals surface area contributed by atoms with Crippen LogP contribution >= 0.6 is 0 Å². The molecule has 2 aromatic rings. The summed E-state index contributed by atoms with van der Waals surface area (Å²) in [5.74, 6) is -1.52. The molecule has 1 aliphatic rings. The maximum atomic E-state index is 13.3. The van der Waals surface area contributed by atoms with E-state index in [2.05, 4.69) is 17.5 Å². The lowest BCUT2D eigenvalue weighted by Crippen LogP contribution is -2.50. The lowest BCUT2D eigenvalue weighted by molar-refractivity contribution is -0.142. The summed E-state index contributed by atoms with van der Waals surface area (Å²) in [6.07, 6.45) is 9.10. The number of carbonyl (C=O) groups is 3. The average molecular weight is 507 g/mol. The Morgan fingerprint density at radius 1 is 0.973 bits per heavy atom. The molecule has 0 fully saturated rings. The van der Waals surface area contributed by atoms with Crippen molar-refractivity contribution in [3.8, 4) is 5.75 Å². The molecule has 2 aromatic carbocycles. The quantitative estimate of drug-likeness (QED) is 0.528. The first kappa shape index (κ1) is 28.0. The van der Waals surface area contributed by atoms with Crippen LogP contribution in [0.1, 0.15) is 56.1 Å². The average Bonchev–Trinajstić information content (AvgIpc) is 2.90. The molecule has 7 heteroatoms. The highest BCUT2D eigenvalue weighted by Gasteiger charge is 2.29. The molecule has 2 amide bonds. The zero-order valence-electron chi connectivity index (χ0n) is 21.6. The number of carboxylic acids is 1. The molecule has 0 aliphatic carbocycles. The number of hydrogen-bond acceptors (Lipinski definition) is 4. The molecule has 2 atom stereocenters. The van der Waals surface area contributed by atoms with Crippen molar-refractivity contribution < 1.29 is 24.2 Å². The third-order valence-electron chi connectivity index (χ3n) is 6.60. The van der Waals surface area contributed by atoms with Crippen molar-refractivity contribution in [3.63, 3.8) is 0 Å². The predicted octanol–water partition coefficient (Wildman–Crippen LogP) is 4.75. The molecule has 0 saturated heterocycles. The summed E-state index contributed by atoms with van der Waals surface area (Å²) in [5, 5.41) is 12.2. The minimum atomic E-state index is -1.01. The first-order chi connectivity index (χ1) is 17.9. The standard InChI is InChI=1S/C30H38N2O5/c1-32-19-11-6-4-2-3-5-10-14-25(21-28(33)34)29(35)31-27(30(32)36)20-23-15-17-26(18-16-23)37-22-24-12-8-7-9-13-24/h2-3,7-9,12-13,15-18,25,27H,4-6,10-11,14,19-22H2,1H3,(H,31,35)(H,33,34). The second-order valence-electron chi connectivity index (χ2n) is 9.64. The minimum Gasteiger partial charge on any atom is -0.489 e. The topological polar surface area (TPSA) is 95.9 Å². The molecule has 1 aliphatic heterocycles. The molecule has 0 spiro atoms. The van der Waals surface area contributed by atoms with Crippen LogP contribution in [0.5, 0.6) is 5.75 Å². The molecular weight excluding hydrogens is 468 g/mol. The number of hydrogen-bond donors (Lipinski definition) is 2. The Labute approximate surface area is 219 Å². The number of ether oxygens (including phenoxy) is 1. The molecule has 7 nitrogen and oxygen atoms in total. The van der Waals surface area contributed by atoms with Gasteiger partial charge in [0.05, 0.1) is 6.42 Å². The largest absolute Gasteiger partial charge is 0.489 e. The van der Waals surface area contributed by atoms with E-state index in [0.717, 1.165) is 49.0 Å². The SMILES string of the molecule is CN1CCCCC=CCCCC(CC(=O)O)C(=O)NC(Cc2ccc(OCc3ccccc3)cc2)C1=O. The molecule has 2 unspecified atom stereocenters. The number of carbonyl (C=O) groups excluding carboxylic acids is 2. The molecule has 0 aromatic heterocycles. The van der Waals surface area contributed by atoms with Gasteiger partial charge >= 0.3 is 5.97 Å². The van der Waals surface area contributed by atoms with E-state index in [1.165, 1.54) is 0 Å². The zero-order valence-corrected chi connectivity index (χ0v) is 21.6. The summed E-state index contributed by atoms with van der Waals surface area (Å²) in [5.41, 5.74) is 1.96. The Morgan fingerprint density at radius 3 is 2.38 bits per heavy atom. The summed E-state index contributed by atoms with van der Waals surface area (Å²) in [6, 6.07) is 16.7. The number of likely N-dealkylation sites (N-methyl/N-ethyl adjacent to an activating group) is 1. The van der Waals surface area contributed by atoms with Gasteiger partial charge in [0.25, 0.3) is 0 Å². The normalized spacial score (nSPS) is 20.0. The molecule has 3 rings (SSSR count). The predicted molar refractivity (Wildman–Crippen MR) is 143 cm³/mol. The molecule has 37 heavy (non-hydrogen) atoms. The van der Waals surface area contributed by atoms with Crippen LogP contribution in [0.3, 0.4) is 0 Å². The maximum absolute atomic E-state index is 13.3. The monoisotopic (exact) mass is 506 g/mol. The smallest absolute Gasteiger partial charge is 0.304 e. The van der Waals surface area contributed by atoms with Crippen molar-refractivity contribution >= 4 is 17.8 Å². The van der Waals surface area contributed by atoms with E-state index in [4.69, 9.17) is 4.74 Å². The fourth-order valence-electron chi connectivity index (χ4n) is 4.43. The Morgan fingerprint density at radius 2 is 1.68 bits per heavy atom. The molecular formula is C30H38N2O5. The van der Waals surface area contributed by atoms with Crippen molar-refractivity contribution in [2.45, 2.75) is 64.0 Å².